The summed E-state index contributed by atoms with van der Waals surface area (Å²) in [6, 6.07) is -0.648. The van der Waals surface area contributed by atoms with Crippen molar-refractivity contribution in [2.24, 2.45) is 7.05 Å². The average Bonchev–Trinajstić information content (AvgIpc) is 2.53. The van der Waals surface area contributed by atoms with Gasteiger partial charge in [-0.15, -0.1) is 0 Å². The van der Waals surface area contributed by atoms with Crippen molar-refractivity contribution in [3.63, 3.8) is 0 Å². The molecule has 0 aromatic carbocycles. The number of aliphatic carboxylic acids is 1. The van der Waals surface area contributed by atoms with Crippen LogP contribution < -0.4 is 0 Å². The van der Waals surface area contributed by atoms with Crippen LogP contribution in [0, 0.1) is 13.8 Å². The zero-order chi connectivity index (χ0) is 13.2. The molecule has 1 N–H and O–H groups in total. The topological polar surface area (TPSA) is 58.4 Å². The van der Waals surface area contributed by atoms with E-state index in [2.05, 4.69) is 4.98 Å². The van der Waals surface area contributed by atoms with Crippen molar-refractivity contribution >= 4 is 5.97 Å². The van der Waals surface area contributed by atoms with Crippen molar-refractivity contribution < 1.29 is 9.90 Å². The Morgan fingerprint density at radius 1 is 1.41 bits per heavy atom. The third kappa shape index (κ3) is 2.49. The highest BCUT2D eigenvalue weighted by Gasteiger charge is 2.30. The predicted molar refractivity (Wildman–Crippen MR) is 66.0 cm³/mol. The molecule has 1 aromatic heterocycles. The van der Waals surface area contributed by atoms with E-state index in [0.717, 1.165) is 11.5 Å². The third-order valence-corrected chi connectivity index (χ3v) is 3.31. The molecule has 0 aliphatic carbocycles. The van der Waals surface area contributed by atoms with E-state index in [1.165, 1.54) is 0 Å². The molecule has 5 nitrogen and oxygen atoms in total. The minimum absolute atomic E-state index is 0.648. The summed E-state index contributed by atoms with van der Waals surface area (Å²) in [5.41, 5.74) is 1.57. The molecule has 0 aliphatic heterocycles. The zero-order valence-corrected chi connectivity index (χ0v) is 11.2. The Morgan fingerprint density at radius 3 is 2.24 bits per heavy atom. The van der Waals surface area contributed by atoms with Crippen LogP contribution in [0.3, 0.4) is 0 Å². The second-order valence-corrected chi connectivity index (χ2v) is 4.15. The van der Waals surface area contributed by atoms with Crippen molar-refractivity contribution in [2.45, 2.75) is 33.7 Å². The number of carbonyl (C=O) groups is 1. The SMILES string of the molecule is CCN(CC)C(C(=O)O)c1nc(C)n(C)c1C. The minimum Gasteiger partial charge on any atom is -0.480 e. The van der Waals surface area contributed by atoms with Gasteiger partial charge in [0.25, 0.3) is 0 Å². The number of aryl methyl sites for hydroxylation is 1. The van der Waals surface area contributed by atoms with Crippen molar-refractivity contribution in [2.75, 3.05) is 13.1 Å². The maximum absolute atomic E-state index is 11.4. The fourth-order valence-corrected chi connectivity index (χ4v) is 2.04. The van der Waals surface area contributed by atoms with E-state index in [1.807, 2.05) is 44.2 Å². The number of likely N-dealkylation sites (N-methyl/N-ethyl adjacent to an activating group) is 1. The minimum atomic E-state index is -0.838. The van der Waals surface area contributed by atoms with Gasteiger partial charge in [0.05, 0.1) is 5.69 Å². The number of aromatic nitrogens is 2. The lowest BCUT2D eigenvalue weighted by atomic mass is 10.1. The predicted octanol–water partition coefficient (Wildman–Crippen LogP) is 1.50. The Labute approximate surface area is 102 Å². The standard InChI is InChI=1S/C12H21N3O2/c1-6-15(7-2)11(12(16)17)10-8(3)14(5)9(4)13-10/h11H,6-7H2,1-5H3,(H,16,17). The van der Waals surface area contributed by atoms with Gasteiger partial charge in [-0.3, -0.25) is 9.69 Å². The van der Waals surface area contributed by atoms with Gasteiger partial charge in [0.15, 0.2) is 6.04 Å². The molecule has 0 amide bonds. The fourth-order valence-electron chi connectivity index (χ4n) is 2.04. The van der Waals surface area contributed by atoms with E-state index in [1.54, 1.807) is 0 Å². The number of hydrogen-bond acceptors (Lipinski definition) is 3. The quantitative estimate of drug-likeness (QED) is 0.846. The number of carboxylic acids is 1. The van der Waals surface area contributed by atoms with Gasteiger partial charge in [-0.2, -0.15) is 0 Å². The third-order valence-electron chi connectivity index (χ3n) is 3.31. The van der Waals surface area contributed by atoms with Crippen molar-refractivity contribution in [3.05, 3.63) is 17.2 Å². The molecule has 1 rings (SSSR count). The summed E-state index contributed by atoms with van der Waals surface area (Å²) in [6.45, 7) is 9.12. The fraction of sp³-hybridized carbons (Fsp3) is 0.667. The van der Waals surface area contributed by atoms with E-state index >= 15 is 0 Å². The molecule has 0 fully saturated rings. The van der Waals surface area contributed by atoms with Gasteiger partial charge < -0.3 is 9.67 Å². The molecule has 0 spiro atoms. The van der Waals surface area contributed by atoms with Crippen molar-refractivity contribution in [1.29, 1.82) is 0 Å². The summed E-state index contributed by atoms with van der Waals surface area (Å²) in [5, 5.41) is 9.39. The summed E-state index contributed by atoms with van der Waals surface area (Å²) in [7, 11) is 1.91. The first-order valence-corrected chi connectivity index (χ1v) is 5.90. The molecular formula is C12H21N3O2. The smallest absolute Gasteiger partial charge is 0.327 e. The molecule has 1 unspecified atom stereocenters. The van der Waals surface area contributed by atoms with Gasteiger partial charge in [-0.25, -0.2) is 4.98 Å². The highest BCUT2D eigenvalue weighted by atomic mass is 16.4. The maximum Gasteiger partial charge on any atom is 0.327 e. The summed E-state index contributed by atoms with van der Waals surface area (Å²) >= 11 is 0. The second kappa shape index (κ2) is 5.31. The highest BCUT2D eigenvalue weighted by molar-refractivity contribution is 5.75. The Hall–Kier alpha value is -1.36. The monoisotopic (exact) mass is 239 g/mol. The Bertz CT molecular complexity index is 408. The van der Waals surface area contributed by atoms with Crippen molar-refractivity contribution in [1.82, 2.24) is 14.5 Å². The summed E-state index contributed by atoms with van der Waals surface area (Å²) in [4.78, 5) is 17.7. The van der Waals surface area contributed by atoms with Crippen LogP contribution in [0.5, 0.6) is 0 Å². The van der Waals surface area contributed by atoms with Crippen LogP contribution in [0.15, 0.2) is 0 Å². The number of carboxylic acid groups (broad SMARTS) is 1. The van der Waals surface area contributed by atoms with Gasteiger partial charge >= 0.3 is 5.97 Å². The van der Waals surface area contributed by atoms with Crippen LogP contribution in [0.2, 0.25) is 0 Å². The Morgan fingerprint density at radius 2 is 1.94 bits per heavy atom. The second-order valence-electron chi connectivity index (χ2n) is 4.15. The van der Waals surface area contributed by atoms with E-state index in [4.69, 9.17) is 0 Å². The first-order chi connectivity index (χ1) is 7.93. The normalized spacial score (nSPS) is 13.1. The van der Waals surface area contributed by atoms with Crippen LogP contribution in [-0.2, 0) is 11.8 Å². The number of rotatable bonds is 5. The molecule has 5 heteroatoms. The van der Waals surface area contributed by atoms with Gasteiger partial charge in [-0.1, -0.05) is 13.8 Å². The summed E-state index contributed by atoms with van der Waals surface area (Å²) < 4.78 is 1.93. The molecule has 0 bridgehead atoms. The van der Waals surface area contributed by atoms with E-state index in [-0.39, 0.29) is 0 Å². The van der Waals surface area contributed by atoms with E-state index in [9.17, 15) is 9.90 Å². The highest BCUT2D eigenvalue weighted by Crippen LogP contribution is 2.23. The van der Waals surface area contributed by atoms with Crippen LogP contribution >= 0.6 is 0 Å². The lowest BCUT2D eigenvalue weighted by molar-refractivity contribution is -0.143. The number of imidazole rings is 1. The first kappa shape index (κ1) is 13.7. The molecule has 96 valence electrons. The molecule has 1 heterocycles. The molecule has 1 atom stereocenters. The molecular weight excluding hydrogens is 218 g/mol. The van der Waals surface area contributed by atoms with Crippen LogP contribution in [0.1, 0.15) is 37.1 Å². The van der Waals surface area contributed by atoms with Gasteiger partial charge in [0.2, 0.25) is 0 Å². The number of nitrogens with zero attached hydrogens (tertiary/aromatic N) is 3. The van der Waals surface area contributed by atoms with Gasteiger partial charge in [-0.05, 0) is 26.9 Å². The average molecular weight is 239 g/mol. The molecule has 1 aromatic rings. The van der Waals surface area contributed by atoms with Gasteiger partial charge in [0, 0.05) is 12.7 Å². The molecule has 0 radical (unpaired) electrons. The van der Waals surface area contributed by atoms with E-state index in [0.29, 0.717) is 18.8 Å². The van der Waals surface area contributed by atoms with Gasteiger partial charge in [0.1, 0.15) is 5.82 Å². The Kier molecular flexibility index (Phi) is 4.28. The molecule has 0 saturated heterocycles. The van der Waals surface area contributed by atoms with Crippen LogP contribution in [0.4, 0.5) is 0 Å². The summed E-state index contributed by atoms with van der Waals surface area (Å²) in [6.07, 6.45) is 0. The first-order valence-electron chi connectivity index (χ1n) is 5.90. The van der Waals surface area contributed by atoms with Crippen LogP contribution in [0.25, 0.3) is 0 Å². The molecule has 0 saturated carbocycles. The number of hydrogen-bond donors (Lipinski definition) is 1. The lowest BCUT2D eigenvalue weighted by Crippen LogP contribution is -2.34. The van der Waals surface area contributed by atoms with Crippen molar-refractivity contribution in [3.8, 4) is 0 Å². The molecule has 17 heavy (non-hydrogen) atoms. The Balaban J connectivity index is 3.23. The zero-order valence-electron chi connectivity index (χ0n) is 11.2. The van der Waals surface area contributed by atoms with Crippen LogP contribution in [-0.4, -0.2) is 38.6 Å². The maximum atomic E-state index is 11.4. The lowest BCUT2D eigenvalue weighted by Gasteiger charge is -2.25. The summed E-state index contributed by atoms with van der Waals surface area (Å²) in [5.74, 6) is 0.00538. The van der Waals surface area contributed by atoms with E-state index < -0.39 is 12.0 Å². The molecule has 0 aliphatic rings. The largest absolute Gasteiger partial charge is 0.480 e.